The van der Waals surface area contributed by atoms with Crippen LogP contribution in [0.2, 0.25) is 0 Å². The number of guanidine groups is 1. The smallest absolute Gasteiger partial charge is 0.274 e. The average Bonchev–Trinajstić information content (AvgIpc) is 2.55. The van der Waals surface area contributed by atoms with Gasteiger partial charge < -0.3 is 15.7 Å². The molecule has 24 heavy (non-hydrogen) atoms. The molecule has 0 amide bonds. The largest absolute Gasteiger partial charge is 0.393 e. The van der Waals surface area contributed by atoms with Gasteiger partial charge in [0, 0.05) is 18.7 Å². The van der Waals surface area contributed by atoms with E-state index in [0.29, 0.717) is 11.5 Å². The van der Waals surface area contributed by atoms with Gasteiger partial charge in [0.15, 0.2) is 5.96 Å². The summed E-state index contributed by atoms with van der Waals surface area (Å²) in [5, 5.41) is 27.1. The van der Waals surface area contributed by atoms with Crippen LogP contribution in [0.25, 0.3) is 0 Å². The normalized spacial score (nSPS) is 20.8. The van der Waals surface area contributed by atoms with E-state index in [1.807, 2.05) is 6.92 Å². The maximum Gasteiger partial charge on any atom is 0.274 e. The maximum atomic E-state index is 11.0. The van der Waals surface area contributed by atoms with E-state index in [-0.39, 0.29) is 53.3 Å². The van der Waals surface area contributed by atoms with Crippen LogP contribution in [0.15, 0.2) is 29.3 Å². The zero-order chi connectivity index (χ0) is 16.7. The number of nitrogens with one attached hydrogen (secondary N) is 2. The maximum absolute atomic E-state index is 11.0. The predicted molar refractivity (Wildman–Crippen MR) is 105 cm³/mol. The Bertz CT molecular complexity index is 560. The number of benzene rings is 1. The number of hydrogen-bond donors (Lipinski definition) is 3. The first kappa shape index (κ1) is 20.6. The number of para-hydroxylation sites is 1. The first-order valence-electron chi connectivity index (χ1n) is 8.05. The van der Waals surface area contributed by atoms with Gasteiger partial charge in [0.1, 0.15) is 0 Å². The number of aliphatic hydroxyl groups is 1. The molecule has 1 aromatic carbocycles. The minimum absolute atomic E-state index is 0. The fourth-order valence-electron chi connectivity index (χ4n) is 2.72. The number of halogens is 1. The summed E-state index contributed by atoms with van der Waals surface area (Å²) in [6.07, 6.45) is 3.19. The highest BCUT2D eigenvalue weighted by Gasteiger charge is 2.20. The predicted octanol–water partition coefficient (Wildman–Crippen LogP) is 2.57. The fourth-order valence-corrected chi connectivity index (χ4v) is 2.72. The van der Waals surface area contributed by atoms with Gasteiger partial charge in [-0.15, -0.1) is 24.0 Å². The quantitative estimate of drug-likeness (QED) is 0.212. The lowest BCUT2D eigenvalue weighted by molar-refractivity contribution is -0.385. The molecule has 0 spiro atoms. The number of nitro benzene ring substituents is 1. The Labute approximate surface area is 159 Å². The van der Waals surface area contributed by atoms with E-state index >= 15 is 0 Å². The molecule has 0 saturated heterocycles. The minimum atomic E-state index is -0.381. The zero-order valence-corrected chi connectivity index (χ0v) is 16.1. The molecular weight excluding hydrogens is 423 g/mol. The van der Waals surface area contributed by atoms with E-state index in [0.717, 1.165) is 32.2 Å². The SMILES string of the molecule is CCNC(=NCc1ccccc1[N+](=O)[O-])NC1CCC(O)CC1.I. The van der Waals surface area contributed by atoms with Crippen molar-refractivity contribution >= 4 is 35.6 Å². The Morgan fingerprint density at radius 3 is 2.62 bits per heavy atom. The Hall–Kier alpha value is -1.42. The molecule has 0 atom stereocenters. The molecule has 2 rings (SSSR count). The van der Waals surface area contributed by atoms with Crippen molar-refractivity contribution < 1.29 is 10.0 Å². The lowest BCUT2D eigenvalue weighted by Gasteiger charge is -2.27. The fraction of sp³-hybridized carbons (Fsp3) is 0.562. The second kappa shape index (κ2) is 10.4. The van der Waals surface area contributed by atoms with Crippen molar-refractivity contribution in [1.29, 1.82) is 0 Å². The first-order chi connectivity index (χ1) is 11.1. The van der Waals surface area contributed by atoms with Gasteiger partial charge in [-0.3, -0.25) is 10.1 Å². The van der Waals surface area contributed by atoms with Crippen molar-refractivity contribution in [2.24, 2.45) is 4.99 Å². The van der Waals surface area contributed by atoms with Gasteiger partial charge in [0.05, 0.1) is 23.1 Å². The third-order valence-corrected chi connectivity index (χ3v) is 3.98. The van der Waals surface area contributed by atoms with Crippen LogP contribution >= 0.6 is 24.0 Å². The molecule has 1 saturated carbocycles. The number of nitrogens with zero attached hydrogens (tertiary/aromatic N) is 2. The topological polar surface area (TPSA) is 99.8 Å². The van der Waals surface area contributed by atoms with Gasteiger partial charge in [-0.25, -0.2) is 4.99 Å². The van der Waals surface area contributed by atoms with Crippen molar-refractivity contribution in [3.8, 4) is 0 Å². The van der Waals surface area contributed by atoms with E-state index in [9.17, 15) is 15.2 Å². The van der Waals surface area contributed by atoms with Gasteiger partial charge in [-0.2, -0.15) is 0 Å². The summed E-state index contributed by atoms with van der Waals surface area (Å²) in [4.78, 5) is 15.1. The third kappa shape index (κ3) is 6.23. The third-order valence-electron chi connectivity index (χ3n) is 3.98. The lowest BCUT2D eigenvalue weighted by Crippen LogP contribution is -2.45. The highest BCUT2D eigenvalue weighted by Crippen LogP contribution is 2.19. The highest BCUT2D eigenvalue weighted by atomic mass is 127. The standard InChI is InChI=1S/C16H24N4O3.HI/c1-2-17-16(19-13-7-9-14(21)10-8-13)18-11-12-5-3-4-6-15(12)20(22)23;/h3-6,13-14,21H,2,7-11H2,1H3,(H2,17,18,19);1H. The summed E-state index contributed by atoms with van der Waals surface area (Å²) >= 11 is 0. The summed E-state index contributed by atoms with van der Waals surface area (Å²) in [6, 6.07) is 6.93. The van der Waals surface area contributed by atoms with Gasteiger partial charge in [-0.05, 0) is 32.6 Å². The number of nitro groups is 1. The Balaban J connectivity index is 0.00000288. The van der Waals surface area contributed by atoms with Crippen LogP contribution in [0, 0.1) is 10.1 Å². The molecule has 0 aliphatic heterocycles. The molecule has 134 valence electrons. The van der Waals surface area contributed by atoms with Gasteiger partial charge in [0.25, 0.3) is 5.69 Å². The number of rotatable bonds is 5. The minimum Gasteiger partial charge on any atom is -0.393 e. The Kier molecular flexibility index (Phi) is 8.98. The zero-order valence-electron chi connectivity index (χ0n) is 13.8. The summed E-state index contributed by atoms with van der Waals surface area (Å²) < 4.78 is 0. The monoisotopic (exact) mass is 448 g/mol. The van der Waals surface area contributed by atoms with Crippen molar-refractivity contribution in [2.75, 3.05) is 6.54 Å². The molecular formula is C16H25IN4O3. The second-order valence-corrected chi connectivity index (χ2v) is 5.73. The molecule has 0 heterocycles. The van der Waals surface area contributed by atoms with Crippen LogP contribution < -0.4 is 10.6 Å². The summed E-state index contributed by atoms with van der Waals surface area (Å²) in [7, 11) is 0. The van der Waals surface area contributed by atoms with E-state index in [1.165, 1.54) is 6.07 Å². The van der Waals surface area contributed by atoms with Crippen LogP contribution in [0.5, 0.6) is 0 Å². The molecule has 0 radical (unpaired) electrons. The summed E-state index contributed by atoms with van der Waals surface area (Å²) in [6.45, 7) is 2.95. The molecule has 0 unspecified atom stereocenters. The van der Waals surface area contributed by atoms with Crippen LogP contribution in [0.3, 0.4) is 0 Å². The van der Waals surface area contributed by atoms with Gasteiger partial charge in [0.2, 0.25) is 0 Å². The van der Waals surface area contributed by atoms with Gasteiger partial charge in [-0.1, -0.05) is 18.2 Å². The van der Waals surface area contributed by atoms with E-state index < -0.39 is 0 Å². The first-order valence-corrected chi connectivity index (χ1v) is 8.05. The average molecular weight is 448 g/mol. The molecule has 7 nitrogen and oxygen atoms in total. The Morgan fingerprint density at radius 2 is 2.00 bits per heavy atom. The molecule has 0 aromatic heterocycles. The second-order valence-electron chi connectivity index (χ2n) is 5.73. The van der Waals surface area contributed by atoms with Crippen LogP contribution in [-0.2, 0) is 6.54 Å². The van der Waals surface area contributed by atoms with E-state index in [1.54, 1.807) is 18.2 Å². The highest BCUT2D eigenvalue weighted by molar-refractivity contribution is 14.0. The molecule has 3 N–H and O–H groups in total. The molecule has 1 aliphatic carbocycles. The van der Waals surface area contributed by atoms with Crippen molar-refractivity contribution in [2.45, 2.75) is 51.3 Å². The van der Waals surface area contributed by atoms with Crippen molar-refractivity contribution in [1.82, 2.24) is 10.6 Å². The number of aliphatic imine (C=N–C) groups is 1. The molecule has 0 bridgehead atoms. The van der Waals surface area contributed by atoms with Gasteiger partial charge >= 0.3 is 0 Å². The summed E-state index contributed by atoms with van der Waals surface area (Å²) in [5.74, 6) is 0.659. The molecule has 1 aliphatic rings. The van der Waals surface area contributed by atoms with Crippen LogP contribution in [0.4, 0.5) is 5.69 Å². The molecule has 1 aromatic rings. The van der Waals surface area contributed by atoms with E-state index in [4.69, 9.17) is 0 Å². The van der Waals surface area contributed by atoms with Crippen molar-refractivity contribution in [3.05, 3.63) is 39.9 Å². The lowest BCUT2D eigenvalue weighted by atomic mass is 9.93. The van der Waals surface area contributed by atoms with Crippen LogP contribution in [-0.4, -0.2) is 34.7 Å². The van der Waals surface area contributed by atoms with Crippen molar-refractivity contribution in [3.63, 3.8) is 0 Å². The number of aliphatic hydroxyl groups excluding tert-OH is 1. The van der Waals surface area contributed by atoms with Crippen LogP contribution in [0.1, 0.15) is 38.2 Å². The molecule has 8 heteroatoms. The summed E-state index contributed by atoms with van der Waals surface area (Å²) in [5.41, 5.74) is 0.682. The van der Waals surface area contributed by atoms with E-state index in [2.05, 4.69) is 15.6 Å². The molecule has 1 fully saturated rings. The Morgan fingerprint density at radius 1 is 1.33 bits per heavy atom. The number of hydrogen-bond acceptors (Lipinski definition) is 4.